The number of aryl methyl sites for hydroxylation is 1. The Labute approximate surface area is 246 Å². The maximum Gasteiger partial charge on any atom is 0.330 e. The van der Waals surface area contributed by atoms with E-state index in [0.717, 1.165) is 59.4 Å². The van der Waals surface area contributed by atoms with Gasteiger partial charge in [-0.1, -0.05) is 48.5 Å². The normalized spacial score (nSPS) is 10.8. The van der Waals surface area contributed by atoms with E-state index in [1.165, 1.54) is 13.2 Å². The first-order chi connectivity index (χ1) is 20.5. The quantitative estimate of drug-likeness (QED) is 0.131. The summed E-state index contributed by atoms with van der Waals surface area (Å²) in [5.74, 6) is -0.618. The lowest BCUT2D eigenvalue weighted by Gasteiger charge is -2.07. The van der Waals surface area contributed by atoms with Gasteiger partial charge in [0.2, 0.25) is 5.91 Å². The minimum Gasteiger partial charge on any atom is -0.494 e. The Kier molecular flexibility index (Phi) is 13.1. The molecule has 0 saturated carbocycles. The van der Waals surface area contributed by atoms with Crippen molar-refractivity contribution in [2.24, 2.45) is 0 Å². The Hall–Kier alpha value is -5.16. The van der Waals surface area contributed by atoms with Gasteiger partial charge in [-0.3, -0.25) is 4.79 Å². The number of benzene rings is 3. The fourth-order valence-corrected chi connectivity index (χ4v) is 3.84. The first-order valence-corrected chi connectivity index (χ1v) is 13.7. The average Bonchev–Trinajstić information content (AvgIpc) is 3.02. The third-order valence-corrected chi connectivity index (χ3v) is 6.11. The van der Waals surface area contributed by atoms with Gasteiger partial charge in [0.05, 0.1) is 26.4 Å². The van der Waals surface area contributed by atoms with Crippen LogP contribution in [0.15, 0.2) is 91.0 Å². The van der Waals surface area contributed by atoms with Crippen LogP contribution in [-0.4, -0.2) is 38.2 Å². The molecular weight excluding hydrogens is 532 g/mol. The Morgan fingerprint density at radius 1 is 0.786 bits per heavy atom. The number of ether oxygens (including phenoxy) is 3. The molecule has 3 rings (SSSR count). The van der Waals surface area contributed by atoms with E-state index in [9.17, 15) is 14.4 Å². The van der Waals surface area contributed by atoms with E-state index in [0.29, 0.717) is 31.7 Å². The standard InChI is InChI=1S/C34H34N2O6/c1-40-33(38)22-20-32(37)36-30-16-9-26(10-17-30)6-2-4-25-42-34(39)21-11-27-7-12-28(13-8-27)29-14-18-31(19-15-29)41-24-5-3-23-35/h7-22H,2-6,24-25H2,1H3,(H,36,37)/b21-11+,22-20-. The summed E-state index contributed by atoms with van der Waals surface area (Å²) >= 11 is 0. The lowest BCUT2D eigenvalue weighted by atomic mass is 10.0. The fourth-order valence-electron chi connectivity index (χ4n) is 3.84. The second kappa shape index (κ2) is 17.5. The summed E-state index contributed by atoms with van der Waals surface area (Å²) in [5.41, 5.74) is 4.73. The summed E-state index contributed by atoms with van der Waals surface area (Å²) in [6.45, 7) is 0.858. The van der Waals surface area contributed by atoms with Crippen molar-refractivity contribution in [2.75, 3.05) is 25.6 Å². The number of carbonyl (C=O) groups is 3. The number of nitrogens with one attached hydrogen (secondary N) is 1. The number of methoxy groups -OCH3 is 1. The second-order valence-corrected chi connectivity index (χ2v) is 9.26. The van der Waals surface area contributed by atoms with Crippen LogP contribution >= 0.6 is 0 Å². The van der Waals surface area contributed by atoms with Crippen molar-refractivity contribution in [2.45, 2.75) is 32.1 Å². The largest absolute Gasteiger partial charge is 0.494 e. The number of nitrogens with zero attached hydrogens (tertiary/aromatic N) is 1. The predicted octanol–water partition coefficient (Wildman–Crippen LogP) is 6.28. The van der Waals surface area contributed by atoms with Gasteiger partial charge in [0.25, 0.3) is 0 Å². The molecule has 0 radical (unpaired) electrons. The van der Waals surface area contributed by atoms with Crippen LogP contribution < -0.4 is 10.1 Å². The number of nitriles is 1. The van der Waals surface area contributed by atoms with Gasteiger partial charge in [-0.05, 0) is 78.3 Å². The molecule has 0 unspecified atom stereocenters. The van der Waals surface area contributed by atoms with Crippen molar-refractivity contribution in [3.05, 3.63) is 102 Å². The monoisotopic (exact) mass is 566 g/mol. The first-order valence-electron chi connectivity index (χ1n) is 13.7. The van der Waals surface area contributed by atoms with Gasteiger partial charge in [-0.15, -0.1) is 0 Å². The molecule has 8 nitrogen and oxygen atoms in total. The van der Waals surface area contributed by atoms with Gasteiger partial charge in [0.1, 0.15) is 5.75 Å². The topological polar surface area (TPSA) is 115 Å². The summed E-state index contributed by atoms with van der Waals surface area (Å²) < 4.78 is 15.4. The molecule has 0 aliphatic rings. The van der Waals surface area contributed by atoms with Crippen LogP contribution in [0, 0.1) is 11.3 Å². The molecule has 0 heterocycles. The predicted molar refractivity (Wildman–Crippen MR) is 161 cm³/mol. The molecule has 0 aromatic heterocycles. The number of unbranched alkanes of at least 4 members (excludes halogenated alkanes) is 2. The maximum absolute atomic E-state index is 12.1. The molecule has 0 spiro atoms. The number of carbonyl (C=O) groups excluding carboxylic acids is 3. The zero-order chi connectivity index (χ0) is 30.0. The highest BCUT2D eigenvalue weighted by molar-refractivity contribution is 6.02. The first kappa shape index (κ1) is 31.4. The van der Waals surface area contributed by atoms with E-state index >= 15 is 0 Å². The van der Waals surface area contributed by atoms with Gasteiger partial charge in [-0.25, -0.2) is 9.59 Å². The number of rotatable bonds is 15. The molecular formula is C34H34N2O6. The van der Waals surface area contributed by atoms with Gasteiger partial charge in [0.15, 0.2) is 0 Å². The van der Waals surface area contributed by atoms with Crippen molar-refractivity contribution in [3.8, 4) is 22.9 Å². The summed E-state index contributed by atoms with van der Waals surface area (Å²) in [4.78, 5) is 35.0. The van der Waals surface area contributed by atoms with E-state index < -0.39 is 11.9 Å². The zero-order valence-electron chi connectivity index (χ0n) is 23.6. The lowest BCUT2D eigenvalue weighted by molar-refractivity contribution is -0.138. The molecule has 216 valence electrons. The minimum atomic E-state index is -0.594. The van der Waals surface area contributed by atoms with Crippen LogP contribution in [0.25, 0.3) is 17.2 Å². The highest BCUT2D eigenvalue weighted by atomic mass is 16.5. The molecule has 0 aliphatic heterocycles. The van der Waals surface area contributed by atoms with E-state index in [4.69, 9.17) is 14.7 Å². The van der Waals surface area contributed by atoms with Crippen molar-refractivity contribution < 1.29 is 28.6 Å². The van der Waals surface area contributed by atoms with Crippen LogP contribution in [0.2, 0.25) is 0 Å². The van der Waals surface area contributed by atoms with Crippen molar-refractivity contribution in [3.63, 3.8) is 0 Å². The molecule has 0 fully saturated rings. The maximum atomic E-state index is 12.1. The number of esters is 2. The van der Waals surface area contributed by atoms with Gasteiger partial charge >= 0.3 is 11.9 Å². The van der Waals surface area contributed by atoms with Crippen LogP contribution in [0.4, 0.5) is 5.69 Å². The summed E-state index contributed by atoms with van der Waals surface area (Å²) in [6.07, 6.45) is 8.93. The van der Waals surface area contributed by atoms with Crippen LogP contribution in [0.3, 0.4) is 0 Å². The molecule has 3 aromatic rings. The Balaban J connectivity index is 1.33. The van der Waals surface area contributed by atoms with E-state index in [-0.39, 0.29) is 5.97 Å². The SMILES string of the molecule is COC(=O)/C=C\C(=O)Nc1ccc(CCCCOC(=O)/C=C/c2ccc(-c3ccc(OCCCC#N)cc3)cc2)cc1. The molecule has 1 N–H and O–H groups in total. The zero-order valence-corrected chi connectivity index (χ0v) is 23.6. The Morgan fingerprint density at radius 3 is 2.14 bits per heavy atom. The number of hydrogen-bond donors (Lipinski definition) is 1. The summed E-state index contributed by atoms with van der Waals surface area (Å²) in [5, 5.41) is 11.3. The van der Waals surface area contributed by atoms with Gasteiger partial charge in [0, 0.05) is 30.3 Å². The molecule has 1 amide bonds. The summed E-state index contributed by atoms with van der Waals surface area (Å²) in [6, 6.07) is 25.2. The lowest BCUT2D eigenvalue weighted by Crippen LogP contribution is -2.09. The highest BCUT2D eigenvalue weighted by Crippen LogP contribution is 2.23. The second-order valence-electron chi connectivity index (χ2n) is 9.26. The molecule has 0 bridgehead atoms. The van der Waals surface area contributed by atoms with Crippen LogP contribution in [0.5, 0.6) is 5.75 Å². The number of amides is 1. The minimum absolute atomic E-state index is 0.334. The van der Waals surface area contributed by atoms with Crippen LogP contribution in [0.1, 0.15) is 36.8 Å². The highest BCUT2D eigenvalue weighted by Gasteiger charge is 2.03. The van der Waals surface area contributed by atoms with Crippen molar-refractivity contribution in [1.29, 1.82) is 5.26 Å². The van der Waals surface area contributed by atoms with Crippen LogP contribution in [-0.2, 0) is 30.3 Å². The van der Waals surface area contributed by atoms with Gasteiger partial charge in [-0.2, -0.15) is 5.26 Å². The third-order valence-electron chi connectivity index (χ3n) is 6.11. The molecule has 0 atom stereocenters. The van der Waals surface area contributed by atoms with Gasteiger partial charge < -0.3 is 19.5 Å². The summed E-state index contributed by atoms with van der Waals surface area (Å²) in [7, 11) is 1.24. The van der Waals surface area contributed by atoms with E-state index in [1.54, 1.807) is 18.2 Å². The average molecular weight is 567 g/mol. The number of hydrogen-bond acceptors (Lipinski definition) is 7. The molecule has 3 aromatic carbocycles. The Morgan fingerprint density at radius 2 is 1.48 bits per heavy atom. The molecule has 0 aliphatic carbocycles. The van der Waals surface area contributed by atoms with Crippen molar-refractivity contribution in [1.82, 2.24) is 0 Å². The molecule has 8 heteroatoms. The molecule has 0 saturated heterocycles. The van der Waals surface area contributed by atoms with E-state index in [1.807, 2.05) is 60.7 Å². The van der Waals surface area contributed by atoms with Crippen molar-refractivity contribution >= 4 is 29.6 Å². The molecule has 42 heavy (non-hydrogen) atoms. The Bertz CT molecular complexity index is 1400. The third kappa shape index (κ3) is 11.5. The number of anilines is 1. The smallest absolute Gasteiger partial charge is 0.330 e. The fraction of sp³-hybridized carbons (Fsp3) is 0.235. The van der Waals surface area contributed by atoms with E-state index in [2.05, 4.69) is 16.1 Å².